The Balaban J connectivity index is 1.49. The minimum absolute atomic E-state index is 0.0802. The zero-order chi connectivity index (χ0) is 24.0. The number of ether oxygens (including phenoxy) is 1. The highest BCUT2D eigenvalue weighted by molar-refractivity contribution is 6.05. The van der Waals surface area contributed by atoms with Crippen LogP contribution < -0.4 is 10.2 Å². The number of fused-ring (bicyclic) bond motifs is 1. The average Bonchev–Trinajstić information content (AvgIpc) is 3.16. The third-order valence-corrected chi connectivity index (χ3v) is 6.91. The summed E-state index contributed by atoms with van der Waals surface area (Å²) in [6.45, 7) is 7.25. The third-order valence-electron chi connectivity index (χ3n) is 6.91. The first-order valence-corrected chi connectivity index (χ1v) is 11.5. The smallest absolute Gasteiger partial charge is 0.254 e. The maximum atomic E-state index is 13.7. The number of nitrogens with one attached hydrogen (secondary N) is 1. The molecule has 1 aromatic heterocycles. The van der Waals surface area contributed by atoms with Gasteiger partial charge in [0.1, 0.15) is 6.04 Å². The van der Waals surface area contributed by atoms with Crippen molar-refractivity contribution < 1.29 is 14.3 Å². The van der Waals surface area contributed by atoms with Crippen molar-refractivity contribution in [2.45, 2.75) is 32.9 Å². The lowest BCUT2D eigenvalue weighted by Gasteiger charge is -2.37. The van der Waals surface area contributed by atoms with Crippen LogP contribution in [0.3, 0.4) is 0 Å². The van der Waals surface area contributed by atoms with Crippen molar-refractivity contribution in [1.82, 2.24) is 14.7 Å². The number of anilines is 2. The van der Waals surface area contributed by atoms with Gasteiger partial charge in [-0.3, -0.25) is 9.59 Å². The van der Waals surface area contributed by atoms with Gasteiger partial charge in [-0.25, -0.2) is 4.68 Å². The first kappa shape index (κ1) is 22.2. The lowest BCUT2D eigenvalue weighted by atomic mass is 10.0. The Hall–Kier alpha value is -3.65. The van der Waals surface area contributed by atoms with E-state index < -0.39 is 0 Å². The fourth-order valence-corrected chi connectivity index (χ4v) is 4.91. The molecule has 2 aliphatic heterocycles. The monoisotopic (exact) mass is 459 g/mol. The lowest BCUT2D eigenvalue weighted by Crippen LogP contribution is -2.45. The van der Waals surface area contributed by atoms with Crippen molar-refractivity contribution in [2.24, 2.45) is 0 Å². The first-order valence-electron chi connectivity index (χ1n) is 11.5. The summed E-state index contributed by atoms with van der Waals surface area (Å²) < 4.78 is 7.74. The zero-order valence-corrected chi connectivity index (χ0v) is 19.9. The van der Waals surface area contributed by atoms with Crippen molar-refractivity contribution in [3.63, 3.8) is 0 Å². The SMILES string of the molecule is Cc1nn(-c2ccccc2)c(C)c1C1COCCN1C(=O)c1ccc2c(c1)NC(=O)C(C)N2C. The molecule has 1 saturated heterocycles. The molecule has 8 heteroatoms. The number of morpholine rings is 1. The Morgan fingerprint density at radius 1 is 1.15 bits per heavy atom. The molecule has 2 aliphatic rings. The second-order valence-corrected chi connectivity index (χ2v) is 8.93. The molecule has 0 radical (unpaired) electrons. The van der Waals surface area contributed by atoms with E-state index in [0.717, 1.165) is 28.3 Å². The molecule has 1 fully saturated rings. The molecule has 2 atom stereocenters. The number of aromatic nitrogens is 2. The van der Waals surface area contributed by atoms with Gasteiger partial charge in [0.15, 0.2) is 0 Å². The minimum atomic E-state index is -0.259. The van der Waals surface area contributed by atoms with Crippen molar-refractivity contribution in [3.05, 3.63) is 71.0 Å². The van der Waals surface area contributed by atoms with Gasteiger partial charge in [0.25, 0.3) is 5.91 Å². The molecule has 176 valence electrons. The van der Waals surface area contributed by atoms with E-state index >= 15 is 0 Å². The molecule has 5 rings (SSSR count). The second-order valence-electron chi connectivity index (χ2n) is 8.93. The number of carbonyl (C=O) groups is 2. The second kappa shape index (κ2) is 8.61. The molecule has 0 spiro atoms. The van der Waals surface area contributed by atoms with Gasteiger partial charge in [-0.05, 0) is 51.1 Å². The van der Waals surface area contributed by atoms with Gasteiger partial charge in [-0.1, -0.05) is 18.2 Å². The van der Waals surface area contributed by atoms with Gasteiger partial charge in [0.2, 0.25) is 5.91 Å². The van der Waals surface area contributed by atoms with Crippen LogP contribution in [0, 0.1) is 13.8 Å². The topological polar surface area (TPSA) is 79.7 Å². The Kier molecular flexibility index (Phi) is 5.61. The number of nitrogens with zero attached hydrogens (tertiary/aromatic N) is 4. The molecule has 3 aromatic rings. The summed E-state index contributed by atoms with van der Waals surface area (Å²) in [7, 11) is 1.89. The van der Waals surface area contributed by atoms with Gasteiger partial charge in [0.05, 0.1) is 42.0 Å². The molecule has 2 unspecified atom stereocenters. The number of rotatable bonds is 3. The number of carbonyl (C=O) groups excluding carboxylic acids is 2. The van der Waals surface area contributed by atoms with Gasteiger partial charge in [-0.15, -0.1) is 0 Å². The minimum Gasteiger partial charge on any atom is -0.377 e. The Morgan fingerprint density at radius 2 is 1.91 bits per heavy atom. The summed E-state index contributed by atoms with van der Waals surface area (Å²) >= 11 is 0. The van der Waals surface area contributed by atoms with E-state index in [-0.39, 0.29) is 23.9 Å². The first-order chi connectivity index (χ1) is 16.4. The summed E-state index contributed by atoms with van der Waals surface area (Å²) in [5.74, 6) is -0.165. The van der Waals surface area contributed by atoms with E-state index in [0.29, 0.717) is 31.0 Å². The molecule has 2 amide bonds. The van der Waals surface area contributed by atoms with Crippen LogP contribution in [0.4, 0.5) is 11.4 Å². The van der Waals surface area contributed by atoms with Crippen LogP contribution in [0.1, 0.15) is 40.3 Å². The molecule has 8 nitrogen and oxygen atoms in total. The van der Waals surface area contributed by atoms with Crippen LogP contribution >= 0.6 is 0 Å². The number of hydrogen-bond acceptors (Lipinski definition) is 5. The number of para-hydroxylation sites is 1. The molecule has 3 heterocycles. The predicted octanol–water partition coefficient (Wildman–Crippen LogP) is 3.48. The van der Waals surface area contributed by atoms with E-state index in [2.05, 4.69) is 5.32 Å². The van der Waals surface area contributed by atoms with Gasteiger partial charge < -0.3 is 19.9 Å². The maximum absolute atomic E-state index is 13.7. The zero-order valence-electron chi connectivity index (χ0n) is 19.9. The fraction of sp³-hybridized carbons (Fsp3) is 0.346. The van der Waals surface area contributed by atoms with Gasteiger partial charge in [-0.2, -0.15) is 5.10 Å². The molecule has 2 aromatic carbocycles. The molecule has 0 aliphatic carbocycles. The average molecular weight is 460 g/mol. The van der Waals surface area contributed by atoms with Crippen molar-refractivity contribution in [1.29, 1.82) is 0 Å². The molecule has 0 bridgehead atoms. The number of amides is 2. The molecule has 1 N–H and O–H groups in total. The van der Waals surface area contributed by atoms with Crippen LogP contribution in [0.5, 0.6) is 0 Å². The Labute approximate surface area is 199 Å². The summed E-state index contributed by atoms with van der Waals surface area (Å²) in [5, 5.41) is 7.71. The summed E-state index contributed by atoms with van der Waals surface area (Å²) in [5.41, 5.74) is 5.96. The largest absolute Gasteiger partial charge is 0.377 e. The van der Waals surface area contributed by atoms with Crippen molar-refractivity contribution in [2.75, 3.05) is 37.0 Å². The van der Waals surface area contributed by atoms with E-state index in [4.69, 9.17) is 9.84 Å². The highest BCUT2D eigenvalue weighted by Gasteiger charge is 2.34. The van der Waals surface area contributed by atoms with Crippen molar-refractivity contribution in [3.8, 4) is 5.69 Å². The van der Waals surface area contributed by atoms with E-state index in [1.54, 1.807) is 6.07 Å². The third kappa shape index (κ3) is 3.64. The van der Waals surface area contributed by atoms with Crippen LogP contribution in [0.25, 0.3) is 5.69 Å². The van der Waals surface area contributed by atoms with E-state index in [9.17, 15) is 9.59 Å². The molecule has 34 heavy (non-hydrogen) atoms. The van der Waals surface area contributed by atoms with E-state index in [1.807, 2.05) is 84.8 Å². The highest BCUT2D eigenvalue weighted by atomic mass is 16.5. The van der Waals surface area contributed by atoms with Crippen LogP contribution in [-0.4, -0.2) is 59.3 Å². The summed E-state index contributed by atoms with van der Waals surface area (Å²) in [6, 6.07) is 15.0. The normalized spacial score (nSPS) is 20.2. The van der Waals surface area contributed by atoms with Gasteiger partial charge >= 0.3 is 0 Å². The Morgan fingerprint density at radius 3 is 2.68 bits per heavy atom. The predicted molar refractivity (Wildman–Crippen MR) is 131 cm³/mol. The number of likely N-dealkylation sites (N-methyl/N-ethyl adjacent to an activating group) is 1. The Bertz CT molecular complexity index is 1250. The maximum Gasteiger partial charge on any atom is 0.254 e. The fourth-order valence-electron chi connectivity index (χ4n) is 4.91. The van der Waals surface area contributed by atoms with E-state index in [1.165, 1.54) is 0 Å². The standard InChI is InChI=1S/C26H29N5O3/c1-16-24(17(2)31(28-16)20-8-6-5-7-9-20)23-15-34-13-12-30(23)26(33)19-10-11-22-21(14-19)27-25(32)18(3)29(22)4/h5-11,14,18,23H,12-13,15H2,1-4H3,(H,27,32). The molecular weight excluding hydrogens is 430 g/mol. The molecule has 0 saturated carbocycles. The summed E-state index contributed by atoms with van der Waals surface area (Å²) in [6.07, 6.45) is 0. The summed E-state index contributed by atoms with van der Waals surface area (Å²) in [4.78, 5) is 29.8. The van der Waals surface area contributed by atoms with Crippen molar-refractivity contribution >= 4 is 23.2 Å². The number of hydrogen-bond donors (Lipinski definition) is 1. The number of benzene rings is 2. The van der Waals surface area contributed by atoms with Crippen LogP contribution in [0.2, 0.25) is 0 Å². The van der Waals surface area contributed by atoms with Crippen LogP contribution in [-0.2, 0) is 9.53 Å². The number of aryl methyl sites for hydroxylation is 1. The molecular formula is C26H29N5O3. The quantitative estimate of drug-likeness (QED) is 0.649. The highest BCUT2D eigenvalue weighted by Crippen LogP contribution is 2.35. The lowest BCUT2D eigenvalue weighted by molar-refractivity contribution is -0.117. The van der Waals surface area contributed by atoms with Crippen LogP contribution in [0.15, 0.2) is 48.5 Å². The van der Waals surface area contributed by atoms with Gasteiger partial charge in [0, 0.05) is 30.4 Å².